The van der Waals surface area contributed by atoms with Crippen LogP contribution in [0.3, 0.4) is 0 Å². The number of likely N-dealkylation sites (tertiary alicyclic amines) is 1. The molecule has 0 unspecified atom stereocenters. The third-order valence-corrected chi connectivity index (χ3v) is 4.01. The predicted octanol–water partition coefficient (Wildman–Crippen LogP) is 1.00. The van der Waals surface area contributed by atoms with Gasteiger partial charge in [-0.15, -0.1) is 0 Å². The lowest BCUT2D eigenvalue weighted by molar-refractivity contribution is -0.126. The first-order valence-electron chi connectivity index (χ1n) is 9.29. The normalized spacial score (nSPS) is 18.0. The zero-order chi connectivity index (χ0) is 18.5. The molecular weight excluding hydrogens is 324 g/mol. The number of hydrogen-bond donors (Lipinski definition) is 1. The fourth-order valence-corrected chi connectivity index (χ4v) is 2.70. The molecule has 1 amide bonds. The van der Waals surface area contributed by atoms with Gasteiger partial charge in [-0.1, -0.05) is 0 Å². The summed E-state index contributed by atoms with van der Waals surface area (Å²) in [5.74, 6) is 0.198. The summed E-state index contributed by atoms with van der Waals surface area (Å²) < 4.78 is 16.3. The lowest BCUT2D eigenvalue weighted by atomic mass is 10.2. The highest BCUT2D eigenvalue weighted by atomic mass is 16.5. The van der Waals surface area contributed by atoms with Crippen LogP contribution < -0.4 is 5.32 Å². The van der Waals surface area contributed by atoms with Crippen molar-refractivity contribution in [2.24, 2.45) is 0 Å². The smallest absolute Gasteiger partial charge is 0.237 e. The van der Waals surface area contributed by atoms with E-state index < -0.39 is 0 Å². The molecular formula is C18H34N2O5. The lowest BCUT2D eigenvalue weighted by Crippen LogP contribution is -2.45. The third kappa shape index (κ3) is 10.5. The maximum Gasteiger partial charge on any atom is 0.237 e. The van der Waals surface area contributed by atoms with Crippen molar-refractivity contribution in [1.29, 1.82) is 0 Å². The van der Waals surface area contributed by atoms with Crippen LogP contribution in [0.15, 0.2) is 0 Å². The number of nitrogens with one attached hydrogen (secondary N) is 1. The fraction of sp³-hybridized carbons (Fsp3) is 0.889. The van der Waals surface area contributed by atoms with Crippen molar-refractivity contribution in [3.05, 3.63) is 0 Å². The Morgan fingerprint density at radius 3 is 2.52 bits per heavy atom. The minimum atomic E-state index is -0.0503. The summed E-state index contributed by atoms with van der Waals surface area (Å²) in [5, 5.41) is 2.94. The molecule has 0 aromatic rings. The highest BCUT2D eigenvalue weighted by Gasteiger charge is 2.29. The number of nitrogens with zero attached hydrogens (tertiary/aromatic N) is 1. The number of rotatable bonds is 14. The van der Waals surface area contributed by atoms with Crippen LogP contribution in [0.5, 0.6) is 0 Å². The van der Waals surface area contributed by atoms with Gasteiger partial charge in [-0.2, -0.15) is 0 Å². The summed E-state index contributed by atoms with van der Waals surface area (Å²) in [6.45, 7) is 10.3. The number of ether oxygens (including phenoxy) is 3. The molecule has 0 aromatic heterocycles. The van der Waals surface area contributed by atoms with Gasteiger partial charge in [-0.05, 0) is 40.2 Å². The molecule has 1 aliphatic rings. The van der Waals surface area contributed by atoms with Crippen molar-refractivity contribution >= 4 is 11.7 Å². The molecule has 0 bridgehead atoms. The summed E-state index contributed by atoms with van der Waals surface area (Å²) in [4.78, 5) is 25.2. The number of hydrogen-bond acceptors (Lipinski definition) is 6. The van der Waals surface area contributed by atoms with E-state index in [0.717, 1.165) is 25.9 Å². The first-order valence-corrected chi connectivity index (χ1v) is 9.29. The van der Waals surface area contributed by atoms with E-state index in [1.807, 2.05) is 13.8 Å². The van der Waals surface area contributed by atoms with Crippen LogP contribution in [-0.2, 0) is 23.8 Å². The summed E-state index contributed by atoms with van der Waals surface area (Å²) in [7, 11) is 0. The van der Waals surface area contributed by atoms with Gasteiger partial charge in [0.15, 0.2) is 0 Å². The van der Waals surface area contributed by atoms with E-state index in [4.69, 9.17) is 14.2 Å². The van der Waals surface area contributed by atoms with Crippen molar-refractivity contribution < 1.29 is 23.8 Å². The molecule has 7 nitrogen and oxygen atoms in total. The highest BCUT2D eigenvalue weighted by molar-refractivity contribution is 5.82. The summed E-state index contributed by atoms with van der Waals surface area (Å²) >= 11 is 0. The molecule has 1 rings (SSSR count). The van der Waals surface area contributed by atoms with Gasteiger partial charge < -0.3 is 19.5 Å². The summed E-state index contributed by atoms with van der Waals surface area (Å²) in [6, 6.07) is -0.0503. The molecule has 7 heteroatoms. The van der Waals surface area contributed by atoms with Crippen molar-refractivity contribution in [1.82, 2.24) is 10.2 Å². The van der Waals surface area contributed by atoms with Gasteiger partial charge >= 0.3 is 0 Å². The SMILES string of the molecule is CC(=O)CCOCCOCCNC(=O)[C@@H]1CCCN1CCOC(C)C. The predicted molar refractivity (Wildman–Crippen MR) is 95.6 cm³/mol. The Morgan fingerprint density at radius 2 is 1.84 bits per heavy atom. The molecule has 0 aromatic carbocycles. The van der Waals surface area contributed by atoms with E-state index >= 15 is 0 Å². The van der Waals surface area contributed by atoms with Gasteiger partial charge in [0.1, 0.15) is 5.78 Å². The fourth-order valence-electron chi connectivity index (χ4n) is 2.70. The van der Waals surface area contributed by atoms with Gasteiger partial charge in [0.05, 0.1) is 45.2 Å². The van der Waals surface area contributed by atoms with Crippen LogP contribution in [0.25, 0.3) is 0 Å². The van der Waals surface area contributed by atoms with Crippen molar-refractivity contribution in [2.45, 2.75) is 52.2 Å². The van der Waals surface area contributed by atoms with Crippen LogP contribution in [0.2, 0.25) is 0 Å². The zero-order valence-corrected chi connectivity index (χ0v) is 15.9. The summed E-state index contributed by atoms with van der Waals surface area (Å²) in [6.07, 6.45) is 2.61. The van der Waals surface area contributed by atoms with Crippen LogP contribution in [-0.4, -0.2) is 81.4 Å². The maximum atomic E-state index is 12.3. The maximum absolute atomic E-state index is 12.3. The molecule has 0 saturated carbocycles. The number of carbonyl (C=O) groups excluding carboxylic acids is 2. The molecule has 1 aliphatic heterocycles. The van der Waals surface area contributed by atoms with Crippen molar-refractivity contribution in [2.75, 3.05) is 52.7 Å². The molecule has 0 aliphatic carbocycles. The van der Waals surface area contributed by atoms with Gasteiger partial charge in [-0.25, -0.2) is 0 Å². The van der Waals surface area contributed by atoms with Gasteiger partial charge in [-0.3, -0.25) is 14.5 Å². The number of amides is 1. The second kappa shape index (κ2) is 13.2. The monoisotopic (exact) mass is 358 g/mol. The topological polar surface area (TPSA) is 77.1 Å². The van der Waals surface area contributed by atoms with E-state index in [2.05, 4.69) is 10.2 Å². The van der Waals surface area contributed by atoms with Crippen LogP contribution >= 0.6 is 0 Å². The molecule has 1 heterocycles. The van der Waals surface area contributed by atoms with E-state index in [9.17, 15) is 9.59 Å². The van der Waals surface area contributed by atoms with E-state index in [-0.39, 0.29) is 23.8 Å². The first-order chi connectivity index (χ1) is 12.0. The largest absolute Gasteiger partial charge is 0.379 e. The van der Waals surface area contributed by atoms with Crippen LogP contribution in [0.1, 0.15) is 40.0 Å². The van der Waals surface area contributed by atoms with E-state index in [0.29, 0.717) is 46.0 Å². The Bertz CT molecular complexity index is 390. The Labute approximate surface area is 151 Å². The van der Waals surface area contributed by atoms with Gasteiger partial charge in [0.2, 0.25) is 5.91 Å². The van der Waals surface area contributed by atoms with Crippen molar-refractivity contribution in [3.63, 3.8) is 0 Å². The van der Waals surface area contributed by atoms with Crippen LogP contribution in [0, 0.1) is 0 Å². The summed E-state index contributed by atoms with van der Waals surface area (Å²) in [5.41, 5.74) is 0. The standard InChI is InChI=1S/C18H34N2O5/c1-15(2)25-12-9-20-8-4-5-17(20)18(22)19-7-11-24-14-13-23-10-6-16(3)21/h15,17H,4-14H2,1-3H3,(H,19,22)/t17-/m0/s1. The number of Topliss-reactive ketones (excluding diaryl/α,β-unsaturated/α-hetero) is 1. The van der Waals surface area contributed by atoms with Crippen molar-refractivity contribution in [3.8, 4) is 0 Å². The molecule has 1 saturated heterocycles. The quantitative estimate of drug-likeness (QED) is 0.467. The molecule has 1 atom stereocenters. The minimum absolute atomic E-state index is 0.0503. The highest BCUT2D eigenvalue weighted by Crippen LogP contribution is 2.16. The Kier molecular flexibility index (Phi) is 11.6. The molecule has 0 radical (unpaired) electrons. The Morgan fingerprint density at radius 1 is 1.12 bits per heavy atom. The first kappa shape index (κ1) is 22.0. The molecule has 146 valence electrons. The van der Waals surface area contributed by atoms with E-state index in [1.54, 1.807) is 6.92 Å². The second-order valence-corrected chi connectivity index (χ2v) is 6.58. The molecule has 25 heavy (non-hydrogen) atoms. The average molecular weight is 358 g/mol. The van der Waals surface area contributed by atoms with Gasteiger partial charge in [0.25, 0.3) is 0 Å². The zero-order valence-electron chi connectivity index (χ0n) is 15.9. The lowest BCUT2D eigenvalue weighted by Gasteiger charge is -2.24. The second-order valence-electron chi connectivity index (χ2n) is 6.58. The number of ketones is 1. The Balaban J connectivity index is 2.04. The minimum Gasteiger partial charge on any atom is -0.379 e. The average Bonchev–Trinajstić information content (AvgIpc) is 3.01. The molecule has 1 fully saturated rings. The van der Waals surface area contributed by atoms with Crippen LogP contribution in [0.4, 0.5) is 0 Å². The molecule has 1 N–H and O–H groups in total. The van der Waals surface area contributed by atoms with Gasteiger partial charge in [0, 0.05) is 19.5 Å². The molecule has 0 spiro atoms. The number of carbonyl (C=O) groups is 2. The van der Waals surface area contributed by atoms with E-state index in [1.165, 1.54) is 0 Å². The Hall–Kier alpha value is -1.02. The third-order valence-electron chi connectivity index (χ3n) is 4.01.